The van der Waals surface area contributed by atoms with Gasteiger partial charge in [0.15, 0.2) is 0 Å². The number of rotatable bonds is 1. The van der Waals surface area contributed by atoms with E-state index in [0.29, 0.717) is 5.92 Å². The van der Waals surface area contributed by atoms with Crippen molar-refractivity contribution in [2.75, 3.05) is 0 Å². The van der Waals surface area contributed by atoms with Gasteiger partial charge < -0.3 is 0 Å². The Hall–Kier alpha value is -1.82. The van der Waals surface area contributed by atoms with Gasteiger partial charge in [-0.15, -0.1) is 0 Å². The zero-order valence-electron chi connectivity index (χ0n) is 22.9. The lowest BCUT2D eigenvalue weighted by atomic mass is 9.62. The molecular weight excluding hydrogens is 384 g/mol. The van der Waals surface area contributed by atoms with Crippen molar-refractivity contribution in [2.24, 2.45) is 5.92 Å². The zero-order chi connectivity index (χ0) is 24.3. The summed E-state index contributed by atoms with van der Waals surface area (Å²) < 4.78 is 0. The highest BCUT2D eigenvalue weighted by Gasteiger charge is 2.37. The lowest BCUT2D eigenvalue weighted by Crippen LogP contribution is -2.33. The van der Waals surface area contributed by atoms with Crippen molar-refractivity contribution < 1.29 is 0 Å². The highest BCUT2D eigenvalue weighted by atomic mass is 14.4. The average molecular weight is 433 g/mol. The Bertz CT molecular complexity index is 952. The fourth-order valence-electron chi connectivity index (χ4n) is 5.52. The SMILES string of the molecule is C/C(=C1\c2ccc(C)cc2CCC1C)c1ccc2c(c1)C(C)(C)CCC2(C)C.CC.CC. The number of hydrogen-bond acceptors (Lipinski definition) is 0. The second kappa shape index (κ2) is 10.4. The van der Waals surface area contributed by atoms with Crippen molar-refractivity contribution in [1.29, 1.82) is 0 Å². The minimum absolute atomic E-state index is 0.263. The van der Waals surface area contributed by atoms with E-state index >= 15 is 0 Å². The molecule has 1 atom stereocenters. The Morgan fingerprint density at radius 2 is 1.41 bits per heavy atom. The fourth-order valence-corrected chi connectivity index (χ4v) is 5.52. The number of allylic oxidation sites excluding steroid dienone is 2. The van der Waals surface area contributed by atoms with E-state index in [2.05, 4.69) is 84.9 Å². The van der Waals surface area contributed by atoms with Crippen LogP contribution >= 0.6 is 0 Å². The number of hydrogen-bond donors (Lipinski definition) is 0. The molecule has 0 heterocycles. The molecule has 0 bridgehead atoms. The van der Waals surface area contributed by atoms with E-state index in [9.17, 15) is 0 Å². The van der Waals surface area contributed by atoms with Crippen LogP contribution in [-0.2, 0) is 17.3 Å². The van der Waals surface area contributed by atoms with E-state index in [4.69, 9.17) is 0 Å². The summed E-state index contributed by atoms with van der Waals surface area (Å²) in [5.41, 5.74) is 12.5. The molecule has 0 saturated carbocycles. The average Bonchev–Trinajstić information content (AvgIpc) is 2.79. The van der Waals surface area contributed by atoms with Crippen LogP contribution in [0.4, 0.5) is 0 Å². The molecule has 0 spiro atoms. The normalized spacial score (nSPS) is 21.7. The molecule has 32 heavy (non-hydrogen) atoms. The molecule has 0 heteroatoms. The first-order valence-electron chi connectivity index (χ1n) is 13.1. The van der Waals surface area contributed by atoms with Crippen molar-refractivity contribution in [2.45, 2.75) is 113 Å². The molecule has 0 N–H and O–H groups in total. The molecule has 0 radical (unpaired) electrons. The largest absolute Gasteiger partial charge is 0.0683 e. The monoisotopic (exact) mass is 432 g/mol. The quantitative estimate of drug-likeness (QED) is 0.420. The molecule has 2 aliphatic rings. The molecule has 0 fully saturated rings. The lowest BCUT2D eigenvalue weighted by molar-refractivity contribution is 0.332. The molecule has 0 amide bonds. The summed E-state index contributed by atoms with van der Waals surface area (Å²) in [5, 5.41) is 0. The summed E-state index contributed by atoms with van der Waals surface area (Å²) in [5.74, 6) is 0.621. The molecule has 176 valence electrons. The molecule has 0 aliphatic heterocycles. The molecule has 0 nitrogen and oxygen atoms in total. The van der Waals surface area contributed by atoms with Crippen LogP contribution in [0.5, 0.6) is 0 Å². The van der Waals surface area contributed by atoms with Gasteiger partial charge in [-0.25, -0.2) is 0 Å². The molecule has 0 saturated heterocycles. The van der Waals surface area contributed by atoms with Gasteiger partial charge in [-0.2, -0.15) is 0 Å². The van der Waals surface area contributed by atoms with Crippen molar-refractivity contribution in [3.63, 3.8) is 0 Å². The molecular formula is C32H48. The summed E-state index contributed by atoms with van der Waals surface area (Å²) in [6, 6.07) is 14.4. The van der Waals surface area contributed by atoms with Crippen LogP contribution in [0, 0.1) is 12.8 Å². The Balaban J connectivity index is 0.000000860. The summed E-state index contributed by atoms with van der Waals surface area (Å²) in [7, 11) is 0. The first-order chi connectivity index (χ1) is 15.1. The van der Waals surface area contributed by atoms with Crippen molar-refractivity contribution in [3.05, 3.63) is 69.8 Å². The van der Waals surface area contributed by atoms with Gasteiger partial charge in [0, 0.05) is 0 Å². The van der Waals surface area contributed by atoms with E-state index in [1.54, 1.807) is 16.7 Å². The number of fused-ring (bicyclic) bond motifs is 2. The zero-order valence-corrected chi connectivity index (χ0v) is 22.9. The van der Waals surface area contributed by atoms with Gasteiger partial charge in [0.1, 0.15) is 0 Å². The third kappa shape index (κ3) is 5.05. The molecule has 4 rings (SSSR count). The Kier molecular flexibility index (Phi) is 8.60. The molecule has 2 aliphatic carbocycles. The minimum Gasteiger partial charge on any atom is -0.0683 e. The van der Waals surface area contributed by atoms with Crippen LogP contribution in [0.2, 0.25) is 0 Å². The van der Waals surface area contributed by atoms with E-state index in [1.807, 2.05) is 27.7 Å². The molecule has 1 unspecified atom stereocenters. The third-order valence-corrected chi connectivity index (χ3v) is 7.58. The molecule has 2 aromatic carbocycles. The topological polar surface area (TPSA) is 0 Å². The van der Waals surface area contributed by atoms with Gasteiger partial charge in [0.2, 0.25) is 0 Å². The maximum absolute atomic E-state index is 2.52. The lowest BCUT2D eigenvalue weighted by Gasteiger charge is -2.42. The maximum Gasteiger partial charge on any atom is -0.0100 e. The number of aryl methyl sites for hydroxylation is 2. The first kappa shape index (κ1) is 26.4. The standard InChI is InChI=1S/C28H36.2C2H6/c1-18-8-12-23-22(16-18)10-9-19(2)26(23)20(3)21-11-13-24-25(17-21)28(6,7)15-14-27(24,4)5;2*1-2/h8,11-13,16-17,19H,9-10,14-15H2,1-7H3;2*1-2H3/b26-20+;;. The summed E-state index contributed by atoms with van der Waals surface area (Å²) in [6.07, 6.45) is 5.01. The minimum atomic E-state index is 0.263. The summed E-state index contributed by atoms with van der Waals surface area (Å²) >= 11 is 0. The highest BCUT2D eigenvalue weighted by molar-refractivity contribution is 5.92. The Labute approximate surface area is 199 Å². The van der Waals surface area contributed by atoms with Crippen molar-refractivity contribution in [3.8, 4) is 0 Å². The highest BCUT2D eigenvalue weighted by Crippen LogP contribution is 2.47. The molecule has 0 aromatic heterocycles. The van der Waals surface area contributed by atoms with E-state index in [0.717, 1.165) is 0 Å². The van der Waals surface area contributed by atoms with Crippen molar-refractivity contribution >= 4 is 11.1 Å². The predicted molar refractivity (Wildman–Crippen MR) is 146 cm³/mol. The van der Waals surface area contributed by atoms with Gasteiger partial charge in [-0.3, -0.25) is 0 Å². The van der Waals surface area contributed by atoms with Gasteiger partial charge in [0.25, 0.3) is 0 Å². The second-order valence-electron chi connectivity index (χ2n) is 10.7. The Morgan fingerprint density at radius 3 is 2.03 bits per heavy atom. The van der Waals surface area contributed by atoms with Gasteiger partial charge in [-0.1, -0.05) is 104 Å². The van der Waals surface area contributed by atoms with Crippen molar-refractivity contribution in [1.82, 2.24) is 0 Å². The van der Waals surface area contributed by atoms with Gasteiger partial charge in [-0.05, 0) is 95.2 Å². The van der Waals surface area contributed by atoms with Crippen LogP contribution in [0.1, 0.15) is 122 Å². The van der Waals surface area contributed by atoms with Crippen LogP contribution in [-0.4, -0.2) is 0 Å². The van der Waals surface area contributed by atoms with E-state index in [-0.39, 0.29) is 10.8 Å². The predicted octanol–water partition coefficient (Wildman–Crippen LogP) is 9.91. The summed E-state index contributed by atoms with van der Waals surface area (Å²) in [4.78, 5) is 0. The fraction of sp³-hybridized carbons (Fsp3) is 0.562. The Morgan fingerprint density at radius 1 is 0.812 bits per heavy atom. The van der Waals surface area contributed by atoms with E-state index < -0.39 is 0 Å². The third-order valence-electron chi connectivity index (χ3n) is 7.58. The maximum atomic E-state index is 2.52. The number of benzene rings is 2. The van der Waals surface area contributed by atoms with Crippen LogP contribution < -0.4 is 0 Å². The first-order valence-corrected chi connectivity index (χ1v) is 13.1. The summed E-state index contributed by atoms with van der Waals surface area (Å²) in [6.45, 7) is 24.6. The van der Waals surface area contributed by atoms with Crippen LogP contribution in [0.3, 0.4) is 0 Å². The molecule has 2 aromatic rings. The van der Waals surface area contributed by atoms with Gasteiger partial charge in [0.05, 0.1) is 0 Å². The van der Waals surface area contributed by atoms with Gasteiger partial charge >= 0.3 is 0 Å². The van der Waals surface area contributed by atoms with E-state index in [1.165, 1.54) is 53.5 Å². The smallest absolute Gasteiger partial charge is 0.0100 e. The van der Waals surface area contributed by atoms with Crippen LogP contribution in [0.25, 0.3) is 11.1 Å². The van der Waals surface area contributed by atoms with Crippen LogP contribution in [0.15, 0.2) is 36.4 Å². The second-order valence-corrected chi connectivity index (χ2v) is 10.7.